The fraction of sp³-hybridized carbons (Fsp3) is 0.500. The van der Waals surface area contributed by atoms with Gasteiger partial charge in [0.2, 0.25) is 5.95 Å². The molecule has 1 amide bonds. The van der Waals surface area contributed by atoms with Crippen LogP contribution in [-0.4, -0.2) is 65.5 Å². The van der Waals surface area contributed by atoms with E-state index in [9.17, 15) is 28.0 Å². The molecule has 0 radical (unpaired) electrons. The quantitative estimate of drug-likeness (QED) is 0.178. The molecule has 2 aliphatic rings. The van der Waals surface area contributed by atoms with E-state index in [-0.39, 0.29) is 26.7 Å². The maximum absolute atomic E-state index is 14.6. The number of thiophene rings is 1. The molecule has 1 atom stereocenters. The summed E-state index contributed by atoms with van der Waals surface area (Å²) in [5.74, 6) is -5.78. The third kappa shape index (κ3) is 6.32. The van der Waals surface area contributed by atoms with E-state index in [1.807, 2.05) is 11.0 Å². The molecule has 41 heavy (non-hydrogen) atoms. The van der Waals surface area contributed by atoms with Gasteiger partial charge in [0, 0.05) is 61.2 Å². The second-order valence-corrected chi connectivity index (χ2v) is 12.3. The number of ether oxygens (including phenoxy) is 1. The lowest BCUT2D eigenvalue weighted by Crippen LogP contribution is -2.50. The highest BCUT2D eigenvalue weighted by Gasteiger charge is 2.54. The smallest absolute Gasteiger partial charge is 0.410 e. The summed E-state index contributed by atoms with van der Waals surface area (Å²) in [4.78, 5) is 37.6. The van der Waals surface area contributed by atoms with Crippen LogP contribution in [0.15, 0.2) is 17.3 Å². The molecule has 1 saturated heterocycles. The normalized spacial score (nSPS) is 20.7. The van der Waals surface area contributed by atoms with Crippen LogP contribution in [0, 0.1) is 17.3 Å². The van der Waals surface area contributed by atoms with Gasteiger partial charge >= 0.3 is 12.1 Å². The molecule has 11 nitrogen and oxygen atoms in total. The number of carbonyl (C=O) groups excluding carboxylic acids is 2. The number of oxime groups is 1. The van der Waals surface area contributed by atoms with Crippen molar-refractivity contribution in [3.05, 3.63) is 39.8 Å². The van der Waals surface area contributed by atoms with E-state index in [1.165, 1.54) is 19.1 Å². The van der Waals surface area contributed by atoms with Gasteiger partial charge in [-0.3, -0.25) is 0 Å². The first-order valence-corrected chi connectivity index (χ1v) is 13.5. The molecule has 0 bridgehead atoms. The van der Waals surface area contributed by atoms with Gasteiger partial charge in [0.25, 0.3) is 5.92 Å². The van der Waals surface area contributed by atoms with Crippen LogP contribution in [0.2, 0.25) is 0 Å². The SMILES string of the molecule is CC(C)(C)OC(=O)N1CCN(c2cc(F)nc(/C(N)=N/OC(=O)C3(C)CC(F)(F)Cc4sc(N)c(C#N)c43)c2)CC1. The van der Waals surface area contributed by atoms with Crippen molar-refractivity contribution in [1.82, 2.24) is 9.88 Å². The minimum atomic E-state index is -3.26. The summed E-state index contributed by atoms with van der Waals surface area (Å²) < 4.78 is 49.0. The van der Waals surface area contributed by atoms with Gasteiger partial charge in [0.15, 0.2) is 5.84 Å². The standard InChI is InChI=1S/C26H30F3N7O4S/c1-24(2,3)39-23(38)36-7-5-35(6-8-36)14-9-16(33-18(27)10-14)20(31)34-40-22(37)25(4)13-26(28,29)11-17-19(25)15(12-30)21(32)41-17/h9-10H,5-8,11,13,32H2,1-4H3,(H2,31,34). The molecular weight excluding hydrogens is 563 g/mol. The Bertz CT molecular complexity index is 1440. The van der Waals surface area contributed by atoms with Gasteiger partial charge < -0.3 is 30.8 Å². The number of carbonyl (C=O) groups is 2. The monoisotopic (exact) mass is 593 g/mol. The van der Waals surface area contributed by atoms with Crippen LogP contribution in [0.5, 0.6) is 0 Å². The van der Waals surface area contributed by atoms with Crippen LogP contribution in [0.25, 0.3) is 0 Å². The van der Waals surface area contributed by atoms with Crippen molar-refractivity contribution in [2.45, 2.75) is 57.5 Å². The molecule has 220 valence electrons. The van der Waals surface area contributed by atoms with E-state index in [4.69, 9.17) is 21.0 Å². The summed E-state index contributed by atoms with van der Waals surface area (Å²) in [7, 11) is 0. The fourth-order valence-electron chi connectivity index (χ4n) is 4.90. The number of piperazine rings is 1. The largest absolute Gasteiger partial charge is 0.444 e. The predicted molar refractivity (Wildman–Crippen MR) is 145 cm³/mol. The number of nitrogens with two attached hydrogens (primary N) is 2. The lowest BCUT2D eigenvalue weighted by molar-refractivity contribution is -0.155. The number of nitriles is 1. The zero-order valence-corrected chi connectivity index (χ0v) is 23.8. The first-order valence-electron chi connectivity index (χ1n) is 12.7. The van der Waals surface area contributed by atoms with E-state index in [0.29, 0.717) is 31.9 Å². The first kappa shape index (κ1) is 29.9. The van der Waals surface area contributed by atoms with Crippen molar-refractivity contribution in [3.63, 3.8) is 0 Å². The Hall–Kier alpha value is -4.06. The molecular formula is C26H30F3N7O4S. The van der Waals surface area contributed by atoms with Gasteiger partial charge in [-0.2, -0.15) is 9.65 Å². The van der Waals surface area contributed by atoms with Crippen molar-refractivity contribution < 1.29 is 32.3 Å². The summed E-state index contributed by atoms with van der Waals surface area (Å²) in [6.07, 6.45) is -2.03. The molecule has 2 aromatic rings. The van der Waals surface area contributed by atoms with E-state index in [1.54, 1.807) is 25.7 Å². The van der Waals surface area contributed by atoms with Crippen LogP contribution in [-0.2, 0) is 26.2 Å². The van der Waals surface area contributed by atoms with Crippen molar-refractivity contribution in [2.75, 3.05) is 36.8 Å². The highest BCUT2D eigenvalue weighted by atomic mass is 32.1. The highest BCUT2D eigenvalue weighted by Crippen LogP contribution is 2.50. The topological polar surface area (TPSA) is 160 Å². The zero-order valence-electron chi connectivity index (χ0n) is 23.0. The van der Waals surface area contributed by atoms with Crippen LogP contribution in [0.1, 0.15) is 55.8 Å². The number of nitrogen functional groups attached to an aromatic ring is 1. The zero-order chi connectivity index (χ0) is 30.3. The minimum Gasteiger partial charge on any atom is -0.444 e. The summed E-state index contributed by atoms with van der Waals surface area (Å²) in [5.41, 5.74) is 9.51. The van der Waals surface area contributed by atoms with Crippen LogP contribution in [0.4, 0.5) is 28.7 Å². The Balaban J connectivity index is 1.51. The number of pyridine rings is 1. The number of anilines is 2. The Morgan fingerprint density at radius 2 is 1.88 bits per heavy atom. The van der Waals surface area contributed by atoms with E-state index < -0.39 is 53.6 Å². The summed E-state index contributed by atoms with van der Waals surface area (Å²) in [6.45, 7) is 7.95. The molecule has 0 saturated carbocycles. The van der Waals surface area contributed by atoms with E-state index in [0.717, 1.165) is 11.3 Å². The van der Waals surface area contributed by atoms with Crippen molar-refractivity contribution in [1.29, 1.82) is 5.26 Å². The first-order chi connectivity index (χ1) is 19.0. The number of rotatable bonds is 4. The predicted octanol–water partition coefficient (Wildman–Crippen LogP) is 3.50. The molecule has 4 rings (SSSR count). The third-order valence-electron chi connectivity index (χ3n) is 6.72. The number of amides is 1. The van der Waals surface area contributed by atoms with Crippen molar-refractivity contribution in [3.8, 4) is 6.07 Å². The average molecular weight is 594 g/mol. The van der Waals surface area contributed by atoms with E-state index >= 15 is 0 Å². The lowest BCUT2D eigenvalue weighted by Gasteiger charge is -2.36. The van der Waals surface area contributed by atoms with Crippen LogP contribution < -0.4 is 16.4 Å². The number of alkyl halides is 2. The van der Waals surface area contributed by atoms with Crippen LogP contribution in [0.3, 0.4) is 0 Å². The number of amidine groups is 1. The highest BCUT2D eigenvalue weighted by molar-refractivity contribution is 7.16. The number of hydrogen-bond donors (Lipinski definition) is 2. The molecule has 15 heteroatoms. The Morgan fingerprint density at radius 3 is 2.49 bits per heavy atom. The Labute approximate surface area is 238 Å². The summed E-state index contributed by atoms with van der Waals surface area (Å²) >= 11 is 0.827. The maximum Gasteiger partial charge on any atom is 0.410 e. The number of halogens is 3. The van der Waals surface area contributed by atoms with Crippen molar-refractivity contribution >= 4 is 39.9 Å². The molecule has 1 aliphatic heterocycles. The third-order valence-corrected chi connectivity index (χ3v) is 7.74. The minimum absolute atomic E-state index is 0.0284. The number of nitrogens with zero attached hydrogens (tertiary/aromatic N) is 5. The molecule has 3 heterocycles. The fourth-order valence-corrected chi connectivity index (χ4v) is 6.13. The summed E-state index contributed by atoms with van der Waals surface area (Å²) in [5, 5.41) is 13.1. The van der Waals surface area contributed by atoms with E-state index in [2.05, 4.69) is 10.1 Å². The molecule has 2 aromatic heterocycles. The molecule has 0 aromatic carbocycles. The van der Waals surface area contributed by atoms with Gasteiger partial charge in [-0.25, -0.2) is 23.4 Å². The number of hydrogen-bond acceptors (Lipinski definition) is 10. The Morgan fingerprint density at radius 1 is 1.22 bits per heavy atom. The molecule has 4 N–H and O–H groups in total. The average Bonchev–Trinajstić information content (AvgIpc) is 3.19. The Kier molecular flexibility index (Phi) is 7.83. The summed E-state index contributed by atoms with van der Waals surface area (Å²) in [6, 6.07) is 4.50. The number of fused-ring (bicyclic) bond motifs is 1. The molecule has 0 spiro atoms. The van der Waals surface area contributed by atoms with Crippen molar-refractivity contribution in [2.24, 2.45) is 10.9 Å². The maximum atomic E-state index is 14.6. The van der Waals surface area contributed by atoms with Gasteiger partial charge in [0.1, 0.15) is 27.8 Å². The molecule has 1 unspecified atom stereocenters. The second-order valence-electron chi connectivity index (χ2n) is 11.1. The van der Waals surface area contributed by atoms with Gasteiger partial charge in [-0.15, -0.1) is 11.3 Å². The van der Waals surface area contributed by atoms with Gasteiger partial charge in [-0.05, 0) is 33.8 Å². The number of aromatic nitrogens is 1. The molecule has 1 aliphatic carbocycles. The lowest BCUT2D eigenvalue weighted by atomic mass is 9.71. The van der Waals surface area contributed by atoms with Gasteiger partial charge in [0.05, 0.1) is 5.56 Å². The van der Waals surface area contributed by atoms with Crippen LogP contribution >= 0.6 is 11.3 Å². The second kappa shape index (κ2) is 10.7. The molecule has 1 fully saturated rings. The van der Waals surface area contributed by atoms with Gasteiger partial charge in [-0.1, -0.05) is 5.16 Å².